The maximum Gasteiger partial charge on any atom is 0.231 e. The Bertz CT molecular complexity index is 636. The average molecular weight is 286 g/mol. The highest BCUT2D eigenvalue weighted by atomic mass is 35.5. The highest BCUT2D eigenvalue weighted by Gasteiger charge is 2.30. The topological polar surface area (TPSA) is 20.3 Å². The minimum Gasteiger partial charge on any atom is -0.309 e. The number of halogens is 1. The molecule has 0 spiro atoms. The molecule has 0 saturated carbocycles. The van der Waals surface area contributed by atoms with Gasteiger partial charge < -0.3 is 4.90 Å². The van der Waals surface area contributed by atoms with E-state index in [1.165, 1.54) is 5.56 Å². The van der Waals surface area contributed by atoms with Crippen molar-refractivity contribution in [2.75, 3.05) is 4.90 Å². The van der Waals surface area contributed by atoms with Gasteiger partial charge in [-0.15, -0.1) is 0 Å². The van der Waals surface area contributed by atoms with Gasteiger partial charge in [0.05, 0.1) is 6.42 Å². The molecule has 3 heteroatoms. The molecule has 2 aromatic carbocycles. The van der Waals surface area contributed by atoms with Gasteiger partial charge in [-0.05, 0) is 42.7 Å². The second kappa shape index (κ2) is 5.29. The Hall–Kier alpha value is -1.80. The van der Waals surface area contributed by atoms with Gasteiger partial charge in [0.15, 0.2) is 0 Å². The lowest BCUT2D eigenvalue weighted by atomic mass is 10.1. The van der Waals surface area contributed by atoms with Crippen LogP contribution in [-0.4, -0.2) is 11.9 Å². The Labute approximate surface area is 124 Å². The number of rotatable bonds is 2. The van der Waals surface area contributed by atoms with Crippen molar-refractivity contribution >= 4 is 23.2 Å². The van der Waals surface area contributed by atoms with E-state index in [4.69, 9.17) is 11.6 Å². The summed E-state index contributed by atoms with van der Waals surface area (Å²) in [5, 5.41) is 0.695. The molecule has 0 radical (unpaired) electrons. The standard InChI is InChI=1S/C17H16ClNO/c1-12-10-14-4-2-3-5-16(14)19(12)17(20)11-13-6-8-15(18)9-7-13/h2-9,12H,10-11H2,1H3/t12-/m1/s1. The smallest absolute Gasteiger partial charge is 0.231 e. The van der Waals surface area contributed by atoms with Crippen LogP contribution in [0.1, 0.15) is 18.1 Å². The molecule has 1 amide bonds. The molecule has 0 unspecified atom stereocenters. The summed E-state index contributed by atoms with van der Waals surface area (Å²) in [6.45, 7) is 2.10. The van der Waals surface area contributed by atoms with E-state index in [1.807, 2.05) is 47.4 Å². The number of benzene rings is 2. The van der Waals surface area contributed by atoms with Crippen LogP contribution in [0.4, 0.5) is 5.69 Å². The van der Waals surface area contributed by atoms with Gasteiger partial charge >= 0.3 is 0 Å². The van der Waals surface area contributed by atoms with Crippen LogP contribution in [-0.2, 0) is 17.6 Å². The molecule has 2 nitrogen and oxygen atoms in total. The molecule has 102 valence electrons. The maximum atomic E-state index is 12.6. The van der Waals surface area contributed by atoms with Crippen molar-refractivity contribution in [1.29, 1.82) is 0 Å². The van der Waals surface area contributed by atoms with Gasteiger partial charge in [0, 0.05) is 16.8 Å². The summed E-state index contributed by atoms with van der Waals surface area (Å²) in [6.07, 6.45) is 1.35. The van der Waals surface area contributed by atoms with Crippen molar-refractivity contribution in [3.8, 4) is 0 Å². The lowest BCUT2D eigenvalue weighted by Gasteiger charge is -2.22. The number of nitrogens with zero attached hydrogens (tertiary/aromatic N) is 1. The van der Waals surface area contributed by atoms with Gasteiger partial charge in [-0.25, -0.2) is 0 Å². The zero-order valence-electron chi connectivity index (χ0n) is 11.3. The highest BCUT2D eigenvalue weighted by molar-refractivity contribution is 6.30. The first kappa shape index (κ1) is 13.2. The van der Waals surface area contributed by atoms with Crippen molar-refractivity contribution in [2.24, 2.45) is 0 Å². The molecule has 1 heterocycles. The number of hydrogen-bond donors (Lipinski definition) is 0. The zero-order chi connectivity index (χ0) is 14.1. The number of carbonyl (C=O) groups excluding carboxylic acids is 1. The first-order valence-electron chi connectivity index (χ1n) is 6.79. The Kier molecular flexibility index (Phi) is 3.49. The van der Waals surface area contributed by atoms with E-state index in [-0.39, 0.29) is 11.9 Å². The van der Waals surface area contributed by atoms with E-state index < -0.39 is 0 Å². The third-order valence-electron chi connectivity index (χ3n) is 3.74. The molecule has 2 aromatic rings. The fourth-order valence-electron chi connectivity index (χ4n) is 2.81. The van der Waals surface area contributed by atoms with Crippen molar-refractivity contribution in [3.63, 3.8) is 0 Å². The van der Waals surface area contributed by atoms with E-state index in [0.717, 1.165) is 17.7 Å². The molecular formula is C17H16ClNO. The van der Waals surface area contributed by atoms with Crippen LogP contribution in [0.2, 0.25) is 5.02 Å². The first-order valence-corrected chi connectivity index (χ1v) is 7.17. The van der Waals surface area contributed by atoms with E-state index in [0.29, 0.717) is 11.4 Å². The summed E-state index contributed by atoms with van der Waals surface area (Å²) in [5.74, 6) is 0.143. The van der Waals surface area contributed by atoms with Gasteiger partial charge in [0.25, 0.3) is 0 Å². The number of amides is 1. The van der Waals surface area contributed by atoms with Crippen LogP contribution in [0.25, 0.3) is 0 Å². The van der Waals surface area contributed by atoms with Crippen LogP contribution in [0, 0.1) is 0 Å². The van der Waals surface area contributed by atoms with Crippen molar-refractivity contribution < 1.29 is 4.79 Å². The minimum atomic E-state index is 0.143. The Morgan fingerprint density at radius 1 is 1.20 bits per heavy atom. The largest absolute Gasteiger partial charge is 0.309 e. The summed E-state index contributed by atoms with van der Waals surface area (Å²) in [4.78, 5) is 14.5. The minimum absolute atomic E-state index is 0.143. The van der Waals surface area contributed by atoms with Gasteiger partial charge in [-0.3, -0.25) is 4.79 Å². The molecule has 0 aromatic heterocycles. The fourth-order valence-corrected chi connectivity index (χ4v) is 2.93. The molecule has 1 aliphatic rings. The van der Waals surface area contributed by atoms with E-state index in [2.05, 4.69) is 13.0 Å². The molecular weight excluding hydrogens is 270 g/mol. The number of anilines is 1. The highest BCUT2D eigenvalue weighted by Crippen LogP contribution is 2.32. The summed E-state index contributed by atoms with van der Waals surface area (Å²) in [7, 11) is 0. The van der Waals surface area contributed by atoms with Crippen molar-refractivity contribution in [3.05, 3.63) is 64.7 Å². The quantitative estimate of drug-likeness (QED) is 0.820. The van der Waals surface area contributed by atoms with Crippen LogP contribution < -0.4 is 4.90 Å². The normalized spacial score (nSPS) is 17.1. The van der Waals surface area contributed by atoms with Gasteiger partial charge in [0.1, 0.15) is 0 Å². The Balaban J connectivity index is 1.82. The van der Waals surface area contributed by atoms with Crippen LogP contribution in [0.5, 0.6) is 0 Å². The molecule has 0 bridgehead atoms. The van der Waals surface area contributed by atoms with E-state index in [9.17, 15) is 4.79 Å². The molecule has 3 rings (SSSR count). The lowest BCUT2D eigenvalue weighted by Crippen LogP contribution is -2.36. The van der Waals surface area contributed by atoms with Gasteiger partial charge in [0.2, 0.25) is 5.91 Å². The van der Waals surface area contributed by atoms with Crippen molar-refractivity contribution in [2.45, 2.75) is 25.8 Å². The van der Waals surface area contributed by atoms with Gasteiger partial charge in [-0.1, -0.05) is 41.9 Å². The Morgan fingerprint density at radius 3 is 2.65 bits per heavy atom. The molecule has 0 aliphatic carbocycles. The maximum absolute atomic E-state index is 12.6. The van der Waals surface area contributed by atoms with Crippen LogP contribution in [0.15, 0.2) is 48.5 Å². The molecule has 1 atom stereocenters. The predicted octanol–water partition coefficient (Wildman–Crippen LogP) is 3.86. The molecule has 0 saturated heterocycles. The first-order chi connectivity index (χ1) is 9.65. The fraction of sp³-hybridized carbons (Fsp3) is 0.235. The average Bonchev–Trinajstić information content (AvgIpc) is 2.77. The summed E-state index contributed by atoms with van der Waals surface area (Å²) < 4.78 is 0. The number of carbonyl (C=O) groups is 1. The van der Waals surface area contributed by atoms with Gasteiger partial charge in [-0.2, -0.15) is 0 Å². The number of hydrogen-bond acceptors (Lipinski definition) is 1. The lowest BCUT2D eigenvalue weighted by molar-refractivity contribution is -0.118. The molecule has 20 heavy (non-hydrogen) atoms. The number of para-hydroxylation sites is 1. The molecule has 0 N–H and O–H groups in total. The number of fused-ring (bicyclic) bond motifs is 1. The SMILES string of the molecule is C[C@@H]1Cc2ccccc2N1C(=O)Cc1ccc(Cl)cc1. The predicted molar refractivity (Wildman–Crippen MR) is 82.3 cm³/mol. The molecule has 0 fully saturated rings. The zero-order valence-corrected chi connectivity index (χ0v) is 12.1. The van der Waals surface area contributed by atoms with Crippen molar-refractivity contribution in [1.82, 2.24) is 0 Å². The van der Waals surface area contributed by atoms with E-state index >= 15 is 0 Å². The third kappa shape index (κ3) is 2.44. The summed E-state index contributed by atoms with van der Waals surface area (Å²) >= 11 is 5.87. The van der Waals surface area contributed by atoms with E-state index in [1.54, 1.807) is 0 Å². The Morgan fingerprint density at radius 2 is 1.90 bits per heavy atom. The third-order valence-corrected chi connectivity index (χ3v) is 4.00. The second-order valence-electron chi connectivity index (χ2n) is 5.25. The summed E-state index contributed by atoms with van der Waals surface area (Å²) in [6, 6.07) is 15.8. The van der Waals surface area contributed by atoms with Crippen LogP contribution in [0.3, 0.4) is 0 Å². The summed E-state index contributed by atoms with van der Waals surface area (Å²) in [5.41, 5.74) is 3.31. The van der Waals surface area contributed by atoms with Crippen LogP contribution >= 0.6 is 11.6 Å². The molecule has 1 aliphatic heterocycles. The second-order valence-corrected chi connectivity index (χ2v) is 5.69. The monoisotopic (exact) mass is 285 g/mol.